The van der Waals surface area contributed by atoms with Gasteiger partial charge in [-0.25, -0.2) is 4.98 Å². The first kappa shape index (κ1) is 12.8. The fourth-order valence-electron chi connectivity index (χ4n) is 1.75. The van der Waals surface area contributed by atoms with Crippen molar-refractivity contribution in [2.75, 3.05) is 0 Å². The van der Waals surface area contributed by atoms with Crippen LogP contribution in [0.1, 0.15) is 27.7 Å². The Morgan fingerprint density at radius 1 is 1.21 bits per heavy atom. The van der Waals surface area contributed by atoms with Crippen molar-refractivity contribution in [1.29, 1.82) is 0 Å². The molecule has 0 saturated carbocycles. The van der Waals surface area contributed by atoms with E-state index in [2.05, 4.69) is 15.2 Å². The molecule has 1 saturated heterocycles. The average molecular weight is 278 g/mol. The molecule has 0 bridgehead atoms. The minimum atomic E-state index is -0.487. The number of nitrogens with zero attached hydrogens (tertiary/aromatic N) is 4. The second-order valence-electron chi connectivity index (χ2n) is 5.46. The molecule has 0 spiro atoms. The molecule has 6 nitrogen and oxygen atoms in total. The topological polar surface area (TPSA) is 62.1 Å². The fraction of sp³-hybridized carbons (Fsp3) is 0.545. The Bertz CT molecular complexity index is 565. The summed E-state index contributed by atoms with van der Waals surface area (Å²) in [6.07, 6.45) is 3.38. The molecule has 1 aliphatic rings. The van der Waals surface area contributed by atoms with E-state index < -0.39 is 7.12 Å². The summed E-state index contributed by atoms with van der Waals surface area (Å²) in [7, 11) is -0.487. The fourth-order valence-corrected chi connectivity index (χ4v) is 2.30. The summed E-state index contributed by atoms with van der Waals surface area (Å²) in [5.41, 5.74) is -0.0838. The summed E-state index contributed by atoms with van der Waals surface area (Å²) in [5.74, 6) is 0. The van der Waals surface area contributed by atoms with Gasteiger partial charge in [0.1, 0.15) is 5.59 Å². The Morgan fingerprint density at radius 3 is 2.47 bits per heavy atom. The Hall–Kier alpha value is -1.25. The first-order chi connectivity index (χ1) is 8.89. The lowest BCUT2D eigenvalue weighted by molar-refractivity contribution is 0.00578. The van der Waals surface area contributed by atoms with E-state index in [4.69, 9.17) is 9.31 Å². The van der Waals surface area contributed by atoms with E-state index in [0.29, 0.717) is 5.59 Å². The summed E-state index contributed by atoms with van der Waals surface area (Å²) in [5, 5.41) is 11.2. The van der Waals surface area contributed by atoms with Crippen LogP contribution in [0.15, 0.2) is 17.8 Å². The predicted molar refractivity (Wildman–Crippen MR) is 72.7 cm³/mol. The van der Waals surface area contributed by atoms with Crippen LogP contribution in [0.2, 0.25) is 0 Å². The molecule has 100 valence electrons. The Balaban J connectivity index is 1.85. The highest BCUT2D eigenvalue weighted by atomic mass is 32.1. The summed E-state index contributed by atoms with van der Waals surface area (Å²) in [4.78, 5) is 5.65. The molecule has 0 N–H and O–H groups in total. The predicted octanol–water partition coefficient (Wildman–Crippen LogP) is 1.02. The molecule has 0 radical (unpaired) electrons. The van der Waals surface area contributed by atoms with Gasteiger partial charge in [0.15, 0.2) is 0 Å². The Kier molecular flexibility index (Phi) is 2.77. The molecular formula is C11H15BN4O2S. The van der Waals surface area contributed by atoms with Crippen molar-refractivity contribution in [2.45, 2.75) is 38.9 Å². The Labute approximate surface area is 115 Å². The highest BCUT2D eigenvalue weighted by Crippen LogP contribution is 2.36. The van der Waals surface area contributed by atoms with E-state index >= 15 is 0 Å². The molecule has 3 rings (SSSR count). The molecule has 0 unspecified atom stereocenters. The van der Waals surface area contributed by atoms with Crippen molar-refractivity contribution in [3.05, 3.63) is 17.8 Å². The second-order valence-corrected chi connectivity index (χ2v) is 6.33. The summed E-state index contributed by atoms with van der Waals surface area (Å²) in [6.45, 7) is 8.05. The Morgan fingerprint density at radius 2 is 1.89 bits per heavy atom. The number of hydrogen-bond acceptors (Lipinski definition) is 6. The summed E-state index contributed by atoms with van der Waals surface area (Å²) in [6, 6.07) is 0. The van der Waals surface area contributed by atoms with Crippen molar-refractivity contribution in [3.8, 4) is 5.13 Å². The summed E-state index contributed by atoms with van der Waals surface area (Å²) < 4.78 is 11.9. The molecule has 0 aliphatic carbocycles. The van der Waals surface area contributed by atoms with Crippen LogP contribution in [-0.4, -0.2) is 38.3 Å². The van der Waals surface area contributed by atoms with E-state index in [9.17, 15) is 0 Å². The lowest BCUT2D eigenvalue weighted by Gasteiger charge is -2.32. The van der Waals surface area contributed by atoms with Gasteiger partial charge in [-0.05, 0) is 27.7 Å². The van der Waals surface area contributed by atoms with Crippen molar-refractivity contribution < 1.29 is 9.31 Å². The van der Waals surface area contributed by atoms with Crippen LogP contribution in [-0.2, 0) is 9.31 Å². The smallest absolute Gasteiger partial charge is 0.398 e. The molecule has 1 aliphatic heterocycles. The van der Waals surface area contributed by atoms with Crippen LogP contribution >= 0.6 is 11.3 Å². The van der Waals surface area contributed by atoms with Gasteiger partial charge in [0.05, 0.1) is 17.4 Å². The zero-order valence-corrected chi connectivity index (χ0v) is 12.1. The van der Waals surface area contributed by atoms with Crippen LogP contribution in [0, 0.1) is 0 Å². The maximum atomic E-state index is 5.93. The second kappa shape index (κ2) is 4.12. The molecule has 8 heteroatoms. The zero-order valence-electron chi connectivity index (χ0n) is 11.3. The highest BCUT2D eigenvalue weighted by molar-refractivity contribution is 7.12. The van der Waals surface area contributed by atoms with Crippen LogP contribution in [0.3, 0.4) is 0 Å². The van der Waals surface area contributed by atoms with Crippen molar-refractivity contribution >= 4 is 24.0 Å². The van der Waals surface area contributed by atoms with Gasteiger partial charge in [-0.1, -0.05) is 0 Å². The molecule has 0 aromatic carbocycles. The van der Waals surface area contributed by atoms with Gasteiger partial charge < -0.3 is 9.31 Å². The lowest BCUT2D eigenvalue weighted by Crippen LogP contribution is -2.41. The lowest BCUT2D eigenvalue weighted by atomic mass is 9.86. The van der Waals surface area contributed by atoms with Gasteiger partial charge in [-0.3, -0.25) is 0 Å². The SMILES string of the molecule is CC1(C)OB(c2cnn(-c3nccs3)n2)OC1(C)C. The van der Waals surface area contributed by atoms with E-state index in [0.717, 1.165) is 5.13 Å². The maximum Gasteiger partial charge on any atom is 0.518 e. The molecule has 1 fully saturated rings. The van der Waals surface area contributed by atoms with Crippen molar-refractivity contribution in [2.24, 2.45) is 0 Å². The quantitative estimate of drug-likeness (QED) is 0.768. The molecule has 19 heavy (non-hydrogen) atoms. The maximum absolute atomic E-state index is 5.93. The molecule has 0 amide bonds. The first-order valence-corrected chi connectivity index (χ1v) is 6.95. The largest absolute Gasteiger partial charge is 0.518 e. The van der Waals surface area contributed by atoms with Gasteiger partial charge in [0, 0.05) is 11.6 Å². The van der Waals surface area contributed by atoms with Crippen LogP contribution in [0.5, 0.6) is 0 Å². The van der Waals surface area contributed by atoms with Gasteiger partial charge in [-0.2, -0.15) is 10.2 Å². The minimum Gasteiger partial charge on any atom is -0.398 e. The van der Waals surface area contributed by atoms with Crippen molar-refractivity contribution in [1.82, 2.24) is 20.0 Å². The number of hydrogen-bond donors (Lipinski definition) is 0. The van der Waals surface area contributed by atoms with Crippen LogP contribution < -0.4 is 5.59 Å². The standard InChI is InChI=1S/C11H15BN4O2S/c1-10(2)11(3,4)18-12(17-10)8-7-14-16(15-8)9-13-5-6-19-9/h5-7H,1-4H3. The van der Waals surface area contributed by atoms with Crippen LogP contribution in [0.25, 0.3) is 5.13 Å². The average Bonchev–Trinajstić information content (AvgIpc) is 3.00. The minimum absolute atomic E-state index is 0.372. The van der Waals surface area contributed by atoms with E-state index in [1.807, 2.05) is 33.1 Å². The number of thiazole rings is 1. The first-order valence-electron chi connectivity index (χ1n) is 6.07. The van der Waals surface area contributed by atoms with Gasteiger partial charge in [-0.15, -0.1) is 16.1 Å². The number of rotatable bonds is 2. The third-order valence-corrected chi connectivity index (χ3v) is 4.33. The number of aromatic nitrogens is 4. The van der Waals surface area contributed by atoms with Crippen LogP contribution in [0.4, 0.5) is 0 Å². The summed E-state index contributed by atoms with van der Waals surface area (Å²) >= 11 is 1.48. The third-order valence-electron chi connectivity index (χ3n) is 3.59. The van der Waals surface area contributed by atoms with E-state index in [-0.39, 0.29) is 11.2 Å². The molecule has 3 heterocycles. The molecule has 0 atom stereocenters. The molecule has 2 aromatic heterocycles. The van der Waals surface area contributed by atoms with Gasteiger partial charge in [0.25, 0.3) is 0 Å². The van der Waals surface area contributed by atoms with Crippen molar-refractivity contribution in [3.63, 3.8) is 0 Å². The highest BCUT2D eigenvalue weighted by Gasteiger charge is 2.52. The van der Waals surface area contributed by atoms with Gasteiger partial charge >= 0.3 is 7.12 Å². The zero-order chi connectivity index (χ0) is 13.7. The molecular weight excluding hydrogens is 263 g/mol. The molecule has 2 aromatic rings. The van der Waals surface area contributed by atoms with E-state index in [1.165, 1.54) is 16.1 Å². The van der Waals surface area contributed by atoms with E-state index in [1.54, 1.807) is 12.4 Å². The monoisotopic (exact) mass is 278 g/mol. The van der Waals surface area contributed by atoms with Gasteiger partial charge in [0.2, 0.25) is 5.13 Å². The third kappa shape index (κ3) is 2.09. The normalized spacial score (nSPS) is 20.9.